The Kier molecular flexibility index (Phi) is 4.16. The molecule has 5 nitrogen and oxygen atoms in total. The molecule has 1 aromatic carbocycles. The van der Waals surface area contributed by atoms with Gasteiger partial charge in [-0.25, -0.2) is 0 Å². The van der Waals surface area contributed by atoms with E-state index in [1.165, 1.54) is 0 Å². The third kappa shape index (κ3) is 3.32. The van der Waals surface area contributed by atoms with Crippen LogP contribution in [0.25, 0.3) is 0 Å². The van der Waals surface area contributed by atoms with Crippen LogP contribution < -0.4 is 10.5 Å². The zero-order valence-corrected chi connectivity index (χ0v) is 11.5. The molecular formula is C14H19N3O2. The van der Waals surface area contributed by atoms with Gasteiger partial charge in [0.1, 0.15) is 5.75 Å². The minimum atomic E-state index is -0.0762. The van der Waals surface area contributed by atoms with Crippen LogP contribution in [0.1, 0.15) is 50.0 Å². The molecule has 0 aliphatic carbocycles. The molecule has 0 radical (unpaired) electrons. The van der Waals surface area contributed by atoms with Crippen LogP contribution in [0.3, 0.4) is 0 Å². The fourth-order valence-electron chi connectivity index (χ4n) is 1.69. The Labute approximate surface area is 112 Å². The lowest BCUT2D eigenvalue weighted by Crippen LogP contribution is -2.08. The van der Waals surface area contributed by atoms with Gasteiger partial charge in [0.2, 0.25) is 11.7 Å². The van der Waals surface area contributed by atoms with Crippen LogP contribution in [-0.4, -0.2) is 10.1 Å². The normalized spacial score (nSPS) is 12.7. The van der Waals surface area contributed by atoms with Gasteiger partial charge in [-0.05, 0) is 13.0 Å². The second-order valence-electron chi connectivity index (χ2n) is 4.82. The number of ether oxygens (including phenoxy) is 1. The highest BCUT2D eigenvalue weighted by molar-refractivity contribution is 5.35. The smallest absolute Gasteiger partial charge is 0.229 e. The van der Waals surface area contributed by atoms with E-state index >= 15 is 0 Å². The molecule has 1 unspecified atom stereocenters. The molecule has 1 aromatic heterocycles. The first-order valence-corrected chi connectivity index (χ1v) is 6.37. The Balaban J connectivity index is 2.06. The highest BCUT2D eigenvalue weighted by atomic mass is 16.5. The number of hydrogen-bond acceptors (Lipinski definition) is 5. The van der Waals surface area contributed by atoms with Crippen molar-refractivity contribution in [1.29, 1.82) is 0 Å². The van der Waals surface area contributed by atoms with Crippen molar-refractivity contribution in [2.24, 2.45) is 5.73 Å². The van der Waals surface area contributed by atoms with Crippen molar-refractivity contribution in [2.75, 3.05) is 0 Å². The summed E-state index contributed by atoms with van der Waals surface area (Å²) < 4.78 is 10.8. The van der Waals surface area contributed by atoms with Crippen LogP contribution in [0.15, 0.2) is 28.8 Å². The summed E-state index contributed by atoms with van der Waals surface area (Å²) in [6.45, 7) is 6.21. The fraction of sp³-hybridized carbons (Fsp3) is 0.429. The average Bonchev–Trinajstić information content (AvgIpc) is 2.85. The maximum absolute atomic E-state index is 5.90. The van der Waals surface area contributed by atoms with Gasteiger partial charge in [-0.1, -0.05) is 37.2 Å². The molecule has 0 fully saturated rings. The number of rotatable bonds is 5. The van der Waals surface area contributed by atoms with Crippen molar-refractivity contribution >= 4 is 0 Å². The summed E-state index contributed by atoms with van der Waals surface area (Å²) in [7, 11) is 0. The number of hydrogen-bond donors (Lipinski definition) is 1. The van der Waals surface area contributed by atoms with Crippen molar-refractivity contribution < 1.29 is 9.26 Å². The maximum Gasteiger partial charge on any atom is 0.229 e. The number of aromatic nitrogens is 2. The first kappa shape index (κ1) is 13.5. The van der Waals surface area contributed by atoms with Crippen molar-refractivity contribution in [2.45, 2.75) is 39.3 Å². The highest BCUT2D eigenvalue weighted by Crippen LogP contribution is 2.24. The van der Waals surface area contributed by atoms with Gasteiger partial charge in [0, 0.05) is 17.5 Å². The first-order valence-electron chi connectivity index (χ1n) is 6.37. The molecule has 0 saturated carbocycles. The zero-order chi connectivity index (χ0) is 13.8. The van der Waals surface area contributed by atoms with Gasteiger partial charge in [-0.15, -0.1) is 0 Å². The van der Waals surface area contributed by atoms with Gasteiger partial charge >= 0.3 is 0 Å². The number of benzene rings is 1. The molecule has 0 bridgehead atoms. The minimum absolute atomic E-state index is 0.0762. The summed E-state index contributed by atoms with van der Waals surface area (Å²) in [5.74, 6) is 2.15. The van der Waals surface area contributed by atoms with E-state index in [9.17, 15) is 0 Å². The Bertz CT molecular complexity index is 535. The molecule has 2 rings (SSSR count). The lowest BCUT2D eigenvalue weighted by molar-refractivity contribution is 0.281. The maximum atomic E-state index is 5.90. The Morgan fingerprint density at radius 2 is 2.00 bits per heavy atom. The average molecular weight is 261 g/mol. The Morgan fingerprint density at radius 3 is 2.63 bits per heavy atom. The highest BCUT2D eigenvalue weighted by Gasteiger charge is 2.12. The zero-order valence-electron chi connectivity index (χ0n) is 11.5. The molecule has 0 amide bonds. The van der Waals surface area contributed by atoms with Crippen LogP contribution in [0.5, 0.6) is 5.75 Å². The van der Waals surface area contributed by atoms with E-state index in [0.717, 1.165) is 11.3 Å². The monoisotopic (exact) mass is 261 g/mol. The summed E-state index contributed by atoms with van der Waals surface area (Å²) in [5.41, 5.74) is 6.87. The molecule has 102 valence electrons. The molecular weight excluding hydrogens is 242 g/mol. The van der Waals surface area contributed by atoms with Crippen LogP contribution in [0.2, 0.25) is 0 Å². The quantitative estimate of drug-likeness (QED) is 0.895. The van der Waals surface area contributed by atoms with E-state index < -0.39 is 0 Å². The molecule has 0 saturated heterocycles. The summed E-state index contributed by atoms with van der Waals surface area (Å²) in [4.78, 5) is 4.27. The van der Waals surface area contributed by atoms with E-state index in [0.29, 0.717) is 11.7 Å². The first-order chi connectivity index (χ1) is 9.08. The molecule has 0 aliphatic rings. The van der Waals surface area contributed by atoms with Gasteiger partial charge in [0.25, 0.3) is 0 Å². The summed E-state index contributed by atoms with van der Waals surface area (Å²) in [5, 5.41) is 3.88. The SMILES string of the molecule is CC(C)c1nc(COc2ccccc2C(C)N)no1. The van der Waals surface area contributed by atoms with Crippen LogP contribution in [-0.2, 0) is 6.61 Å². The van der Waals surface area contributed by atoms with E-state index in [2.05, 4.69) is 10.1 Å². The van der Waals surface area contributed by atoms with Crippen molar-refractivity contribution in [3.8, 4) is 5.75 Å². The van der Waals surface area contributed by atoms with Gasteiger partial charge in [-0.2, -0.15) is 4.98 Å². The standard InChI is InChI=1S/C14H19N3O2/c1-9(2)14-16-13(17-19-14)8-18-12-7-5-4-6-11(12)10(3)15/h4-7,9-10H,8,15H2,1-3H3. The van der Waals surface area contributed by atoms with Crippen LogP contribution in [0.4, 0.5) is 0 Å². The molecule has 0 spiro atoms. The molecule has 1 atom stereocenters. The predicted molar refractivity (Wildman–Crippen MR) is 71.8 cm³/mol. The minimum Gasteiger partial charge on any atom is -0.485 e. The fourth-order valence-corrected chi connectivity index (χ4v) is 1.69. The molecule has 1 heterocycles. The lowest BCUT2D eigenvalue weighted by Gasteiger charge is -2.12. The lowest BCUT2D eigenvalue weighted by atomic mass is 10.1. The van der Waals surface area contributed by atoms with Gasteiger partial charge in [0.05, 0.1) is 0 Å². The molecule has 0 aliphatic heterocycles. The third-order valence-corrected chi connectivity index (χ3v) is 2.74. The van der Waals surface area contributed by atoms with Crippen molar-refractivity contribution in [3.05, 3.63) is 41.5 Å². The molecule has 5 heteroatoms. The largest absolute Gasteiger partial charge is 0.485 e. The van der Waals surface area contributed by atoms with E-state index in [4.69, 9.17) is 15.0 Å². The number of nitrogens with zero attached hydrogens (tertiary/aromatic N) is 2. The van der Waals surface area contributed by atoms with Crippen molar-refractivity contribution in [1.82, 2.24) is 10.1 Å². The van der Waals surface area contributed by atoms with Gasteiger partial charge < -0.3 is 15.0 Å². The second kappa shape index (κ2) is 5.84. The number of nitrogens with two attached hydrogens (primary N) is 1. The van der Waals surface area contributed by atoms with Gasteiger partial charge in [-0.3, -0.25) is 0 Å². The van der Waals surface area contributed by atoms with Crippen LogP contribution in [0, 0.1) is 0 Å². The molecule has 2 N–H and O–H groups in total. The summed E-state index contributed by atoms with van der Waals surface area (Å²) >= 11 is 0. The Hall–Kier alpha value is -1.88. The number of para-hydroxylation sites is 1. The summed E-state index contributed by atoms with van der Waals surface area (Å²) in [6.07, 6.45) is 0. The predicted octanol–water partition coefficient (Wildman–Crippen LogP) is 2.79. The molecule has 2 aromatic rings. The topological polar surface area (TPSA) is 74.2 Å². The third-order valence-electron chi connectivity index (χ3n) is 2.74. The van der Waals surface area contributed by atoms with Gasteiger partial charge in [0.15, 0.2) is 6.61 Å². The van der Waals surface area contributed by atoms with E-state index in [1.54, 1.807) is 0 Å². The van der Waals surface area contributed by atoms with E-state index in [-0.39, 0.29) is 18.6 Å². The second-order valence-corrected chi connectivity index (χ2v) is 4.82. The van der Waals surface area contributed by atoms with Crippen LogP contribution >= 0.6 is 0 Å². The van der Waals surface area contributed by atoms with Crippen molar-refractivity contribution in [3.63, 3.8) is 0 Å². The van der Waals surface area contributed by atoms with E-state index in [1.807, 2.05) is 45.0 Å². The Morgan fingerprint density at radius 1 is 1.26 bits per heavy atom. The molecule has 19 heavy (non-hydrogen) atoms. The summed E-state index contributed by atoms with van der Waals surface area (Å²) in [6, 6.07) is 7.62.